The average molecular weight is 850 g/mol. The smallest absolute Gasteiger partial charge is 0.350 e. The highest BCUT2D eigenvalue weighted by atomic mass is 35.5. The summed E-state index contributed by atoms with van der Waals surface area (Å²) >= 11 is 15.7. The van der Waals surface area contributed by atoms with Gasteiger partial charge in [0.05, 0.1) is 12.2 Å². The number of benzene rings is 4. The Morgan fingerprint density at radius 2 is 0.839 bits per heavy atom. The summed E-state index contributed by atoms with van der Waals surface area (Å²) in [4.78, 5) is 24.4. The first kappa shape index (κ1) is 46.9. The van der Waals surface area contributed by atoms with Crippen LogP contribution >= 0.6 is 46.7 Å². The van der Waals surface area contributed by atoms with E-state index in [2.05, 4.69) is 38.1 Å². The van der Waals surface area contributed by atoms with E-state index in [0.29, 0.717) is 16.5 Å². The number of thioether (sulfide) groups is 2. The molecule has 0 heterocycles. The number of rotatable bonds is 16. The molecule has 0 saturated heterocycles. The van der Waals surface area contributed by atoms with Gasteiger partial charge in [0.1, 0.15) is 15.6 Å². The van der Waals surface area contributed by atoms with E-state index in [9.17, 15) is 18.4 Å². The van der Waals surface area contributed by atoms with Crippen molar-refractivity contribution in [3.63, 3.8) is 0 Å². The van der Waals surface area contributed by atoms with E-state index in [4.69, 9.17) is 42.1 Å². The minimum atomic E-state index is -3.17. The van der Waals surface area contributed by atoms with Gasteiger partial charge in [-0.05, 0) is 139 Å². The minimum absolute atomic E-state index is 0.156. The van der Waals surface area contributed by atoms with E-state index in [1.54, 1.807) is 41.5 Å². The second-order valence-electron chi connectivity index (χ2n) is 14.3. The molecule has 0 aliphatic carbocycles. The molecule has 0 aliphatic heterocycles. The molecule has 0 bridgehead atoms. The highest BCUT2D eigenvalue weighted by Crippen LogP contribution is 2.52. The topological polar surface area (TPSA) is 71.1 Å². The van der Waals surface area contributed by atoms with Crippen molar-refractivity contribution >= 4 is 58.7 Å². The molecule has 0 atom stereocenters. The lowest BCUT2D eigenvalue weighted by atomic mass is 10.0. The molecule has 12 heteroatoms. The van der Waals surface area contributed by atoms with Gasteiger partial charge in [0, 0.05) is 21.2 Å². The largest absolute Gasteiger partial charge is 0.476 e. The van der Waals surface area contributed by atoms with Gasteiger partial charge in [-0.25, -0.2) is 9.59 Å². The molecule has 0 N–H and O–H groups in total. The molecule has 0 amide bonds. The number of carbonyl (C=O) groups is 2. The van der Waals surface area contributed by atoms with Crippen molar-refractivity contribution in [1.82, 2.24) is 0 Å². The van der Waals surface area contributed by atoms with Crippen LogP contribution in [-0.2, 0) is 29.1 Å². The van der Waals surface area contributed by atoms with Gasteiger partial charge in [-0.2, -0.15) is 8.78 Å². The molecule has 0 fully saturated rings. The summed E-state index contributed by atoms with van der Waals surface area (Å²) in [6.07, 6.45) is -0.453. The highest BCUT2D eigenvalue weighted by Gasteiger charge is 2.37. The molecule has 304 valence electrons. The molecule has 56 heavy (non-hydrogen) atoms. The molecular formula is C44H52Cl2F2O6S2. The van der Waals surface area contributed by atoms with Crippen LogP contribution in [0.4, 0.5) is 8.78 Å². The second-order valence-corrected chi connectivity index (χ2v) is 18.3. The Morgan fingerprint density at radius 1 is 0.554 bits per heavy atom. The Hall–Kier alpha value is -3.44. The molecule has 4 rings (SSSR count). The second kappa shape index (κ2) is 20.3. The predicted octanol–water partition coefficient (Wildman–Crippen LogP) is 12.7. The minimum Gasteiger partial charge on any atom is -0.476 e. The van der Waals surface area contributed by atoms with E-state index in [1.807, 2.05) is 61.6 Å². The van der Waals surface area contributed by atoms with E-state index >= 15 is 0 Å². The van der Waals surface area contributed by atoms with Crippen LogP contribution in [0.2, 0.25) is 10.0 Å². The fourth-order valence-electron chi connectivity index (χ4n) is 5.30. The molecule has 0 aliphatic rings. The van der Waals surface area contributed by atoms with Crippen molar-refractivity contribution in [2.24, 2.45) is 0 Å². The molecule has 0 saturated carbocycles. The standard InChI is InChI=1S/C24H31ClO3S2.C20H21ClF2O3/c1-7-29-24(30-8-2,18-9-13-20(25)14-10-18)19-11-15-21(16-12-19)28-23(5,6)22(26)27-17(3)4;1-13(2)25-18(24)19(3,4)26-17-11-7-15(8-12-17)20(22,23)14-5-9-16(21)10-6-14/h9-17H,7-8H2,1-6H3;5-13H,1-4H3. The van der Waals surface area contributed by atoms with Crippen molar-refractivity contribution in [1.29, 1.82) is 0 Å². The first-order chi connectivity index (χ1) is 26.2. The lowest BCUT2D eigenvalue weighted by molar-refractivity contribution is -0.163. The molecule has 6 nitrogen and oxygen atoms in total. The molecule has 0 radical (unpaired) electrons. The van der Waals surface area contributed by atoms with Gasteiger partial charge >= 0.3 is 11.9 Å². The van der Waals surface area contributed by atoms with Crippen LogP contribution < -0.4 is 9.47 Å². The third-order valence-corrected chi connectivity index (χ3v) is 11.5. The van der Waals surface area contributed by atoms with Crippen molar-refractivity contribution in [2.45, 2.75) is 103 Å². The van der Waals surface area contributed by atoms with Gasteiger partial charge in [0.2, 0.25) is 0 Å². The third-order valence-electron chi connectivity index (χ3n) is 7.99. The Balaban J connectivity index is 0.000000303. The summed E-state index contributed by atoms with van der Waals surface area (Å²) in [5.74, 6) is -1.19. The molecule has 4 aromatic carbocycles. The van der Waals surface area contributed by atoms with Gasteiger partial charge in [-0.3, -0.25) is 0 Å². The van der Waals surface area contributed by atoms with Crippen LogP contribution in [0, 0.1) is 0 Å². The number of ether oxygens (including phenoxy) is 4. The molecular weight excluding hydrogens is 798 g/mol. The molecule has 0 aromatic heterocycles. The van der Waals surface area contributed by atoms with Crippen LogP contribution in [0.3, 0.4) is 0 Å². The van der Waals surface area contributed by atoms with E-state index in [0.717, 1.165) is 16.5 Å². The first-order valence-electron chi connectivity index (χ1n) is 18.4. The summed E-state index contributed by atoms with van der Waals surface area (Å²) in [6.45, 7) is 18.1. The zero-order valence-electron chi connectivity index (χ0n) is 33.6. The van der Waals surface area contributed by atoms with Crippen LogP contribution in [0.5, 0.6) is 11.5 Å². The predicted molar refractivity (Wildman–Crippen MR) is 228 cm³/mol. The maximum atomic E-state index is 14.6. The zero-order chi connectivity index (χ0) is 41.9. The Bertz CT molecular complexity index is 1840. The Labute approximate surface area is 349 Å². The summed E-state index contributed by atoms with van der Waals surface area (Å²) in [6, 6.07) is 26.9. The quantitative estimate of drug-likeness (QED) is 0.0815. The fourth-order valence-corrected chi connectivity index (χ4v) is 8.62. The monoisotopic (exact) mass is 848 g/mol. The molecule has 0 unspecified atom stereocenters. The van der Waals surface area contributed by atoms with Crippen LogP contribution in [0.15, 0.2) is 97.1 Å². The van der Waals surface area contributed by atoms with Gasteiger partial charge in [0.25, 0.3) is 5.92 Å². The fraction of sp³-hybridized carbons (Fsp3) is 0.409. The normalized spacial score (nSPS) is 12.1. The van der Waals surface area contributed by atoms with E-state index < -0.39 is 23.1 Å². The number of hydrogen-bond acceptors (Lipinski definition) is 8. The number of hydrogen-bond donors (Lipinski definition) is 0. The number of alkyl halides is 2. The highest BCUT2D eigenvalue weighted by molar-refractivity contribution is 8.17. The lowest BCUT2D eigenvalue weighted by Gasteiger charge is -2.34. The Morgan fingerprint density at radius 3 is 1.14 bits per heavy atom. The van der Waals surface area contributed by atoms with Crippen molar-refractivity contribution in [3.8, 4) is 11.5 Å². The van der Waals surface area contributed by atoms with Gasteiger partial charge in [0.15, 0.2) is 11.2 Å². The lowest BCUT2D eigenvalue weighted by Crippen LogP contribution is -2.40. The maximum absolute atomic E-state index is 14.6. The van der Waals surface area contributed by atoms with E-state index in [-0.39, 0.29) is 33.4 Å². The van der Waals surface area contributed by atoms with Crippen molar-refractivity contribution < 1.29 is 37.3 Å². The van der Waals surface area contributed by atoms with Crippen LogP contribution in [0.1, 0.15) is 91.5 Å². The Kier molecular flexibility index (Phi) is 17.0. The maximum Gasteiger partial charge on any atom is 0.350 e. The SMILES string of the molecule is CC(C)OC(=O)C(C)(C)Oc1ccc(C(F)(F)c2ccc(Cl)cc2)cc1.CCSC(SCC)(c1ccc(Cl)cc1)c1ccc(OC(C)(C)C(=O)OC(C)C)cc1. The summed E-state index contributed by atoms with van der Waals surface area (Å²) in [7, 11) is 0. The van der Waals surface area contributed by atoms with Gasteiger partial charge < -0.3 is 18.9 Å². The van der Waals surface area contributed by atoms with Crippen LogP contribution in [0.25, 0.3) is 0 Å². The van der Waals surface area contributed by atoms with Crippen molar-refractivity contribution in [2.75, 3.05) is 11.5 Å². The number of halogens is 4. The number of esters is 2. The van der Waals surface area contributed by atoms with Gasteiger partial charge in [-0.1, -0.05) is 73.4 Å². The van der Waals surface area contributed by atoms with Crippen LogP contribution in [-0.4, -0.2) is 46.9 Å². The third kappa shape index (κ3) is 12.8. The summed E-state index contributed by atoms with van der Waals surface area (Å²) < 4.78 is 51.0. The van der Waals surface area contributed by atoms with Crippen molar-refractivity contribution in [3.05, 3.63) is 129 Å². The molecule has 0 spiro atoms. The summed E-state index contributed by atoms with van der Waals surface area (Å²) in [5, 5.41) is 1.12. The first-order valence-corrected chi connectivity index (χ1v) is 21.1. The molecule has 4 aromatic rings. The average Bonchev–Trinajstić information content (AvgIpc) is 3.12. The summed E-state index contributed by atoms with van der Waals surface area (Å²) in [5.41, 5.74) is -0.246. The number of carbonyl (C=O) groups excluding carboxylic acids is 2. The van der Waals surface area contributed by atoms with Gasteiger partial charge in [-0.15, -0.1) is 23.5 Å². The van der Waals surface area contributed by atoms with E-state index in [1.165, 1.54) is 59.7 Å². The zero-order valence-corrected chi connectivity index (χ0v) is 36.7.